The number of hydrogen-bond donors (Lipinski definition) is 1. The number of anilines is 1. The van der Waals surface area contributed by atoms with Gasteiger partial charge in [-0.1, -0.05) is 29.8 Å². The highest BCUT2D eigenvalue weighted by molar-refractivity contribution is 6.30. The van der Waals surface area contributed by atoms with Gasteiger partial charge in [-0.25, -0.2) is 9.97 Å². The Balaban J connectivity index is 1.74. The number of rotatable bonds is 5. The summed E-state index contributed by atoms with van der Waals surface area (Å²) in [6.07, 6.45) is 1.56. The molecule has 3 heterocycles. The molecule has 1 aliphatic heterocycles. The number of halogens is 1. The molecule has 9 heteroatoms. The number of methoxy groups -OCH3 is 2. The van der Waals surface area contributed by atoms with E-state index < -0.39 is 11.3 Å². The summed E-state index contributed by atoms with van der Waals surface area (Å²) in [4.78, 5) is 38.2. The molecule has 6 rings (SSSR count). The molecule has 40 heavy (non-hydrogen) atoms. The van der Waals surface area contributed by atoms with E-state index in [1.54, 1.807) is 31.5 Å². The molecule has 0 saturated heterocycles. The first-order chi connectivity index (χ1) is 19.1. The number of pyridine rings is 1. The smallest absolute Gasteiger partial charge is 0.242 e. The van der Waals surface area contributed by atoms with E-state index in [0.29, 0.717) is 45.0 Å². The van der Waals surface area contributed by atoms with Gasteiger partial charge < -0.3 is 19.4 Å². The molecule has 2 aromatic carbocycles. The van der Waals surface area contributed by atoms with E-state index in [2.05, 4.69) is 10.3 Å². The fourth-order valence-corrected chi connectivity index (χ4v) is 6.46. The first-order valence-electron chi connectivity index (χ1n) is 13.1. The van der Waals surface area contributed by atoms with Crippen LogP contribution in [0.25, 0.3) is 11.4 Å². The number of carbonyl (C=O) groups excluding carboxylic acids is 2. The van der Waals surface area contributed by atoms with Crippen molar-refractivity contribution < 1.29 is 19.1 Å². The number of aryl methyl sites for hydroxylation is 2. The van der Waals surface area contributed by atoms with Crippen molar-refractivity contribution >= 4 is 29.0 Å². The average Bonchev–Trinajstić information content (AvgIpc) is 3.53. The molecule has 2 aromatic heterocycles. The van der Waals surface area contributed by atoms with Crippen LogP contribution in [0, 0.1) is 13.8 Å². The van der Waals surface area contributed by atoms with Gasteiger partial charge in [0.05, 0.1) is 37.6 Å². The van der Waals surface area contributed by atoms with Gasteiger partial charge >= 0.3 is 0 Å². The minimum absolute atomic E-state index is 0.165. The van der Waals surface area contributed by atoms with Gasteiger partial charge in [-0.05, 0) is 68.1 Å². The number of aromatic nitrogens is 3. The lowest BCUT2D eigenvalue weighted by atomic mass is 9.68. The maximum atomic E-state index is 14.6. The summed E-state index contributed by atoms with van der Waals surface area (Å²) >= 11 is 6.47. The second-order valence-corrected chi connectivity index (χ2v) is 11.1. The minimum Gasteiger partial charge on any atom is -0.494 e. The van der Waals surface area contributed by atoms with Crippen LogP contribution < -0.4 is 14.8 Å². The quantitative estimate of drug-likeness (QED) is 0.322. The van der Waals surface area contributed by atoms with Crippen LogP contribution in [-0.4, -0.2) is 40.4 Å². The second kappa shape index (κ2) is 9.20. The minimum atomic E-state index is -1.36. The third kappa shape index (κ3) is 3.45. The van der Waals surface area contributed by atoms with Crippen molar-refractivity contribution in [2.75, 3.05) is 19.5 Å². The molecule has 2 aliphatic rings. The zero-order valence-electron chi connectivity index (χ0n) is 23.1. The lowest BCUT2D eigenvalue weighted by Gasteiger charge is -2.33. The Hall–Kier alpha value is -4.17. The molecule has 2 atom stereocenters. The highest BCUT2D eigenvalue weighted by Gasteiger charge is 2.65. The molecule has 0 bridgehead atoms. The van der Waals surface area contributed by atoms with Crippen LogP contribution >= 0.6 is 11.6 Å². The average molecular weight is 557 g/mol. The molecule has 4 aromatic rings. The van der Waals surface area contributed by atoms with Gasteiger partial charge in [0.15, 0.2) is 5.78 Å². The lowest BCUT2D eigenvalue weighted by molar-refractivity contribution is -0.120. The fourth-order valence-electron chi connectivity index (χ4n) is 6.28. The number of nitrogens with one attached hydrogen (secondary N) is 1. The number of ether oxygens (including phenoxy) is 2. The highest BCUT2D eigenvalue weighted by Crippen LogP contribution is 2.59. The molecule has 2 unspecified atom stereocenters. The number of imidazole rings is 1. The number of fused-ring (bicyclic) bond motifs is 4. The number of ketones is 1. The SMILES string of the molecule is COc1cc(-c2nc3c(n2C(C)C)C2(C(=O)Nc4cc(C)ccc42)C(c2cc(Cl)ccc2C)C3=O)c(OC)cn1. The molecular weight excluding hydrogens is 528 g/mol. The Morgan fingerprint density at radius 3 is 2.52 bits per heavy atom. The second-order valence-electron chi connectivity index (χ2n) is 10.6. The van der Waals surface area contributed by atoms with Gasteiger partial charge in [-0.15, -0.1) is 0 Å². The topological polar surface area (TPSA) is 95.3 Å². The summed E-state index contributed by atoms with van der Waals surface area (Å²) in [7, 11) is 3.09. The van der Waals surface area contributed by atoms with Crippen molar-refractivity contribution in [1.29, 1.82) is 0 Å². The number of hydrogen-bond acceptors (Lipinski definition) is 6. The molecule has 0 radical (unpaired) electrons. The van der Waals surface area contributed by atoms with Crippen molar-refractivity contribution in [2.24, 2.45) is 0 Å². The molecule has 1 aliphatic carbocycles. The van der Waals surface area contributed by atoms with E-state index in [9.17, 15) is 9.59 Å². The Morgan fingerprint density at radius 1 is 1.05 bits per heavy atom. The summed E-state index contributed by atoms with van der Waals surface area (Å²) in [5, 5.41) is 3.60. The third-order valence-electron chi connectivity index (χ3n) is 8.00. The highest BCUT2D eigenvalue weighted by atomic mass is 35.5. The summed E-state index contributed by atoms with van der Waals surface area (Å²) < 4.78 is 13.0. The summed E-state index contributed by atoms with van der Waals surface area (Å²) in [6, 6.07) is 12.9. The largest absolute Gasteiger partial charge is 0.494 e. The maximum Gasteiger partial charge on any atom is 0.242 e. The zero-order valence-corrected chi connectivity index (χ0v) is 23.9. The Morgan fingerprint density at radius 2 is 1.82 bits per heavy atom. The van der Waals surface area contributed by atoms with Gasteiger partial charge in [0.25, 0.3) is 0 Å². The van der Waals surface area contributed by atoms with Crippen LogP contribution in [0.5, 0.6) is 11.6 Å². The molecular formula is C31H29ClN4O4. The van der Waals surface area contributed by atoms with Crippen LogP contribution in [0.3, 0.4) is 0 Å². The van der Waals surface area contributed by atoms with Crippen LogP contribution in [-0.2, 0) is 10.2 Å². The molecule has 1 spiro atoms. The summed E-state index contributed by atoms with van der Waals surface area (Å²) in [6.45, 7) is 7.92. The maximum absolute atomic E-state index is 14.6. The van der Waals surface area contributed by atoms with Crippen molar-refractivity contribution in [2.45, 2.75) is 45.1 Å². The standard InChI is InChI=1S/C31H29ClN4O4/c1-15(2)36-28-26(35-29(36)20-13-24(40-6)33-14-23(20)39-5)27(37)25(19-12-18(32)9-8-17(19)4)31(28)21-10-7-16(3)11-22(21)34-30(31)38/h7-15,25H,1-6H3,(H,34,38). The van der Waals surface area contributed by atoms with E-state index in [1.165, 1.54) is 7.11 Å². The van der Waals surface area contributed by atoms with Gasteiger partial charge in [0, 0.05) is 22.8 Å². The predicted octanol–water partition coefficient (Wildman–Crippen LogP) is 6.03. The normalized spacial score (nSPS) is 19.2. The zero-order chi connectivity index (χ0) is 28.5. The molecule has 0 saturated carbocycles. The molecule has 1 amide bonds. The van der Waals surface area contributed by atoms with Crippen molar-refractivity contribution in [1.82, 2.24) is 14.5 Å². The summed E-state index contributed by atoms with van der Waals surface area (Å²) in [5.41, 5.74) is 4.09. The van der Waals surface area contributed by atoms with E-state index >= 15 is 0 Å². The number of Topliss-reactive ketones (excluding diaryl/α,β-unsaturated/α-hetero) is 1. The van der Waals surface area contributed by atoms with E-state index in [0.717, 1.165) is 16.7 Å². The number of nitrogens with zero attached hydrogens (tertiary/aromatic N) is 3. The Bertz CT molecular complexity index is 1730. The van der Waals surface area contributed by atoms with Crippen molar-refractivity contribution in [3.8, 4) is 23.0 Å². The predicted molar refractivity (Wildman–Crippen MR) is 153 cm³/mol. The molecule has 0 fully saturated rings. The van der Waals surface area contributed by atoms with Crippen molar-refractivity contribution in [3.63, 3.8) is 0 Å². The molecule has 8 nitrogen and oxygen atoms in total. The summed E-state index contributed by atoms with van der Waals surface area (Å²) in [5.74, 6) is 0.00595. The van der Waals surface area contributed by atoms with Crippen molar-refractivity contribution in [3.05, 3.63) is 87.3 Å². The number of carbonyl (C=O) groups is 2. The van der Waals surface area contributed by atoms with E-state index in [-0.39, 0.29) is 23.4 Å². The molecule has 204 valence electrons. The Kier molecular flexibility index (Phi) is 6.00. The van der Waals surface area contributed by atoms with Gasteiger partial charge in [-0.3, -0.25) is 9.59 Å². The first-order valence-corrected chi connectivity index (χ1v) is 13.4. The van der Waals surface area contributed by atoms with E-state index in [1.807, 2.05) is 56.5 Å². The van der Waals surface area contributed by atoms with Crippen LogP contribution in [0.1, 0.15) is 64.2 Å². The number of amides is 1. The van der Waals surface area contributed by atoms with Gasteiger partial charge in [-0.2, -0.15) is 0 Å². The third-order valence-corrected chi connectivity index (χ3v) is 8.24. The fraction of sp³-hybridized carbons (Fsp3) is 0.290. The van der Waals surface area contributed by atoms with Gasteiger partial charge in [0.2, 0.25) is 11.8 Å². The van der Waals surface area contributed by atoms with Gasteiger partial charge in [0.1, 0.15) is 22.7 Å². The van der Waals surface area contributed by atoms with E-state index in [4.69, 9.17) is 26.1 Å². The van der Waals surface area contributed by atoms with Crippen LogP contribution in [0.2, 0.25) is 5.02 Å². The lowest BCUT2D eigenvalue weighted by Crippen LogP contribution is -2.42. The van der Waals surface area contributed by atoms with Crippen LogP contribution in [0.4, 0.5) is 5.69 Å². The van der Waals surface area contributed by atoms with Crippen LogP contribution in [0.15, 0.2) is 48.7 Å². The number of benzene rings is 2. The molecule has 1 N–H and O–H groups in total. The first kappa shape index (κ1) is 26.1. The monoisotopic (exact) mass is 556 g/mol. The Labute approximate surface area is 237 Å².